The first-order valence-corrected chi connectivity index (χ1v) is 6.96. The molecular weight excluding hydrogens is 248 g/mol. The minimum absolute atomic E-state index is 0.119. The predicted octanol–water partition coefficient (Wildman–Crippen LogP) is 3.03. The smallest absolute Gasteiger partial charge is 0.168 e. The molecule has 0 spiro atoms. The van der Waals surface area contributed by atoms with Gasteiger partial charge in [0.15, 0.2) is 23.3 Å². The third kappa shape index (κ3) is 2.96. The molecule has 2 aliphatic rings. The van der Waals surface area contributed by atoms with Crippen molar-refractivity contribution in [3.05, 3.63) is 17.7 Å². The first-order chi connectivity index (χ1) is 9.17. The van der Waals surface area contributed by atoms with Gasteiger partial charge in [-0.05, 0) is 37.5 Å². The van der Waals surface area contributed by atoms with Crippen LogP contribution in [0, 0.1) is 23.5 Å². The van der Waals surface area contributed by atoms with E-state index in [1.807, 2.05) is 4.90 Å². The van der Waals surface area contributed by atoms with Gasteiger partial charge in [-0.25, -0.2) is 13.8 Å². The number of anilines is 2. The fourth-order valence-electron chi connectivity index (χ4n) is 2.33. The number of nitrogens with one attached hydrogen (secondary N) is 1. The summed E-state index contributed by atoms with van der Waals surface area (Å²) in [7, 11) is 1.60. The summed E-state index contributed by atoms with van der Waals surface area (Å²) >= 11 is 0. The number of hydrogen-bond acceptors (Lipinski definition) is 3. The van der Waals surface area contributed by atoms with Crippen LogP contribution in [0.4, 0.5) is 20.4 Å². The van der Waals surface area contributed by atoms with Crippen molar-refractivity contribution in [1.82, 2.24) is 4.98 Å². The molecule has 1 N–H and O–H groups in total. The summed E-state index contributed by atoms with van der Waals surface area (Å²) in [6.07, 6.45) is 4.84. The molecule has 0 unspecified atom stereocenters. The molecular formula is C14H19F2N3. The molecule has 0 aliphatic heterocycles. The molecule has 5 heteroatoms. The van der Waals surface area contributed by atoms with Crippen molar-refractivity contribution in [2.75, 3.05) is 30.4 Å². The van der Waals surface area contributed by atoms with Crippen LogP contribution in [0.3, 0.4) is 0 Å². The van der Waals surface area contributed by atoms with Crippen LogP contribution >= 0.6 is 0 Å². The van der Waals surface area contributed by atoms with E-state index in [1.165, 1.54) is 25.7 Å². The quantitative estimate of drug-likeness (QED) is 0.858. The van der Waals surface area contributed by atoms with Crippen molar-refractivity contribution in [2.24, 2.45) is 11.8 Å². The van der Waals surface area contributed by atoms with Gasteiger partial charge >= 0.3 is 0 Å². The van der Waals surface area contributed by atoms with Crippen molar-refractivity contribution in [1.29, 1.82) is 0 Å². The Morgan fingerprint density at radius 1 is 1.16 bits per heavy atom. The second-order valence-corrected chi connectivity index (χ2v) is 5.67. The molecule has 2 saturated carbocycles. The van der Waals surface area contributed by atoms with Gasteiger partial charge in [0.25, 0.3) is 0 Å². The maximum atomic E-state index is 14.0. The molecule has 1 aromatic heterocycles. The standard InChI is InChI=1S/C14H19F2N3/c1-17-13-11(15)6-12(16)14(18-13)19(7-9-2-3-9)8-10-4-5-10/h6,9-10H,2-5,7-8H2,1H3,(H,17,18). The highest BCUT2D eigenvalue weighted by atomic mass is 19.1. The first-order valence-electron chi connectivity index (χ1n) is 6.96. The van der Waals surface area contributed by atoms with Crippen LogP contribution in [-0.2, 0) is 0 Å². The summed E-state index contributed by atoms with van der Waals surface area (Å²) in [5, 5.41) is 2.68. The zero-order valence-electron chi connectivity index (χ0n) is 11.1. The van der Waals surface area contributed by atoms with Gasteiger partial charge in [-0.1, -0.05) is 0 Å². The lowest BCUT2D eigenvalue weighted by atomic mass is 10.3. The Morgan fingerprint density at radius 3 is 2.21 bits per heavy atom. The molecule has 3 rings (SSSR count). The number of rotatable bonds is 6. The van der Waals surface area contributed by atoms with Crippen LogP contribution in [0.25, 0.3) is 0 Å². The Morgan fingerprint density at radius 2 is 1.74 bits per heavy atom. The summed E-state index contributed by atoms with van der Waals surface area (Å²) < 4.78 is 27.4. The molecule has 2 fully saturated rings. The Kier molecular flexibility index (Phi) is 3.29. The Hall–Kier alpha value is -1.39. The SMILES string of the molecule is CNc1nc(N(CC2CC2)CC2CC2)c(F)cc1F. The van der Waals surface area contributed by atoms with Crippen LogP contribution < -0.4 is 10.2 Å². The Labute approximate surface area is 112 Å². The highest BCUT2D eigenvalue weighted by molar-refractivity contribution is 5.49. The van der Waals surface area contributed by atoms with Gasteiger partial charge in [0.05, 0.1) is 0 Å². The molecule has 1 aromatic rings. The molecule has 0 saturated heterocycles. The summed E-state index contributed by atoms with van der Waals surface area (Å²) in [5.74, 6) is 0.531. The predicted molar refractivity (Wildman–Crippen MR) is 71.4 cm³/mol. The van der Waals surface area contributed by atoms with Crippen LogP contribution in [0.15, 0.2) is 6.07 Å². The van der Waals surface area contributed by atoms with Crippen molar-refractivity contribution in [3.63, 3.8) is 0 Å². The van der Waals surface area contributed by atoms with E-state index < -0.39 is 11.6 Å². The average molecular weight is 267 g/mol. The molecule has 0 bridgehead atoms. The van der Waals surface area contributed by atoms with Gasteiger partial charge in [0.2, 0.25) is 0 Å². The molecule has 2 aliphatic carbocycles. The fraction of sp³-hybridized carbons (Fsp3) is 0.643. The van der Waals surface area contributed by atoms with Gasteiger partial charge in [-0.15, -0.1) is 0 Å². The minimum atomic E-state index is -0.637. The van der Waals surface area contributed by atoms with Gasteiger partial charge in [0, 0.05) is 26.2 Å². The van der Waals surface area contributed by atoms with Crippen LogP contribution in [0.5, 0.6) is 0 Å². The molecule has 3 nitrogen and oxygen atoms in total. The zero-order valence-corrected chi connectivity index (χ0v) is 11.1. The summed E-state index contributed by atoms with van der Waals surface area (Å²) in [6.45, 7) is 1.68. The Bertz CT molecular complexity index is 456. The maximum Gasteiger partial charge on any atom is 0.168 e. The van der Waals surface area contributed by atoms with Crippen LogP contribution in [-0.4, -0.2) is 25.1 Å². The Balaban J connectivity index is 1.85. The van der Waals surface area contributed by atoms with E-state index in [-0.39, 0.29) is 5.82 Å². The van der Waals surface area contributed by atoms with Crippen molar-refractivity contribution in [2.45, 2.75) is 25.7 Å². The molecule has 0 atom stereocenters. The van der Waals surface area contributed by atoms with E-state index in [0.29, 0.717) is 17.7 Å². The molecule has 0 radical (unpaired) electrons. The number of nitrogens with zero attached hydrogens (tertiary/aromatic N) is 2. The van der Waals surface area contributed by atoms with E-state index in [1.54, 1.807) is 7.05 Å². The summed E-state index contributed by atoms with van der Waals surface area (Å²) in [5.41, 5.74) is 0. The van der Waals surface area contributed by atoms with Crippen molar-refractivity contribution < 1.29 is 8.78 Å². The van der Waals surface area contributed by atoms with Gasteiger partial charge in [-0.3, -0.25) is 0 Å². The topological polar surface area (TPSA) is 28.2 Å². The molecule has 19 heavy (non-hydrogen) atoms. The summed E-state index contributed by atoms with van der Waals surface area (Å²) in [4.78, 5) is 6.12. The maximum absolute atomic E-state index is 14.0. The molecule has 0 aromatic carbocycles. The second-order valence-electron chi connectivity index (χ2n) is 5.67. The van der Waals surface area contributed by atoms with E-state index in [0.717, 1.165) is 19.2 Å². The van der Waals surface area contributed by atoms with Crippen LogP contribution in [0.1, 0.15) is 25.7 Å². The molecule has 104 valence electrons. The third-order valence-corrected chi connectivity index (χ3v) is 3.80. The lowest BCUT2D eigenvalue weighted by Gasteiger charge is -2.24. The number of halogens is 2. The van der Waals surface area contributed by atoms with Gasteiger partial charge in [-0.2, -0.15) is 0 Å². The number of pyridine rings is 1. The monoisotopic (exact) mass is 267 g/mol. The number of aromatic nitrogens is 1. The van der Waals surface area contributed by atoms with E-state index in [4.69, 9.17) is 0 Å². The fourth-order valence-corrected chi connectivity index (χ4v) is 2.33. The lowest BCUT2D eigenvalue weighted by Crippen LogP contribution is -2.30. The highest BCUT2D eigenvalue weighted by Crippen LogP contribution is 2.36. The van der Waals surface area contributed by atoms with E-state index >= 15 is 0 Å². The minimum Gasteiger partial charge on any atom is -0.371 e. The second kappa shape index (κ2) is 4.94. The third-order valence-electron chi connectivity index (χ3n) is 3.80. The molecule has 1 heterocycles. The largest absolute Gasteiger partial charge is 0.371 e. The van der Waals surface area contributed by atoms with Crippen molar-refractivity contribution in [3.8, 4) is 0 Å². The lowest BCUT2D eigenvalue weighted by molar-refractivity contribution is 0.562. The zero-order chi connectivity index (χ0) is 13.4. The van der Waals surface area contributed by atoms with Crippen molar-refractivity contribution >= 4 is 11.6 Å². The average Bonchev–Trinajstić information content (AvgIpc) is 3.24. The van der Waals surface area contributed by atoms with E-state index in [2.05, 4.69) is 10.3 Å². The van der Waals surface area contributed by atoms with Gasteiger partial charge in [0.1, 0.15) is 0 Å². The normalized spacial score (nSPS) is 18.5. The summed E-state index contributed by atoms with van der Waals surface area (Å²) in [6, 6.07) is 0.932. The van der Waals surface area contributed by atoms with E-state index in [9.17, 15) is 8.78 Å². The first kappa shape index (κ1) is 12.6. The number of hydrogen-bond donors (Lipinski definition) is 1. The molecule has 0 amide bonds. The highest BCUT2D eigenvalue weighted by Gasteiger charge is 2.31. The van der Waals surface area contributed by atoms with Gasteiger partial charge < -0.3 is 10.2 Å². The van der Waals surface area contributed by atoms with Crippen LogP contribution in [0.2, 0.25) is 0 Å².